The van der Waals surface area contributed by atoms with Crippen LogP contribution in [0.4, 0.5) is 4.79 Å². The summed E-state index contributed by atoms with van der Waals surface area (Å²) in [6.07, 6.45) is 15.3. The minimum absolute atomic E-state index is 0.0319. The van der Waals surface area contributed by atoms with Crippen LogP contribution in [-0.4, -0.2) is 80.4 Å². The van der Waals surface area contributed by atoms with Crippen molar-refractivity contribution >= 4 is 14.0 Å². The first-order valence-electron chi connectivity index (χ1n) is 18.7. The summed E-state index contributed by atoms with van der Waals surface area (Å²) in [5.74, 6) is 4.89. The second-order valence-electron chi connectivity index (χ2n) is 17.4. The van der Waals surface area contributed by atoms with E-state index in [0.29, 0.717) is 40.1 Å². The van der Waals surface area contributed by atoms with Gasteiger partial charge in [-0.1, -0.05) is 65.3 Å². The lowest BCUT2D eigenvalue weighted by Gasteiger charge is -2.58. The van der Waals surface area contributed by atoms with Crippen molar-refractivity contribution in [3.63, 3.8) is 0 Å². The number of rotatable bonds is 15. The summed E-state index contributed by atoms with van der Waals surface area (Å²) in [6, 6.07) is 0. The average molecular weight is 697 g/mol. The van der Waals surface area contributed by atoms with Crippen molar-refractivity contribution in [2.24, 2.45) is 52.3 Å². The zero-order valence-electron chi connectivity index (χ0n) is 31.4. The summed E-state index contributed by atoms with van der Waals surface area (Å²) in [5, 5.41) is 10.2. The number of aliphatic hydroxyl groups excluding tert-OH is 1. The normalized spacial score (nSPS) is 35.2. The highest BCUT2D eigenvalue weighted by atomic mass is 31.2. The number of likely N-dealkylation sites (N-methyl/N-ethyl adjacent to an activating group) is 1. The Morgan fingerprint density at radius 2 is 1.77 bits per heavy atom. The van der Waals surface area contributed by atoms with E-state index in [0.717, 1.165) is 43.4 Å². The third kappa shape index (κ3) is 9.55. The van der Waals surface area contributed by atoms with Gasteiger partial charge in [0.25, 0.3) is 0 Å². The molecule has 4 aliphatic rings. The lowest BCUT2D eigenvalue weighted by molar-refractivity contribution is -0.870. The summed E-state index contributed by atoms with van der Waals surface area (Å²) >= 11 is 0. The lowest BCUT2D eigenvalue weighted by atomic mass is 9.47. The predicted molar refractivity (Wildman–Crippen MR) is 189 cm³/mol. The third-order valence-corrected chi connectivity index (χ3v) is 13.8. The fourth-order valence-electron chi connectivity index (χ4n) is 9.94. The largest absolute Gasteiger partial charge is 0.508 e. The van der Waals surface area contributed by atoms with Gasteiger partial charge in [0.1, 0.15) is 32.0 Å². The van der Waals surface area contributed by atoms with Crippen LogP contribution in [0.3, 0.4) is 0 Å². The molecular weight excluding hydrogens is 629 g/mol. The molecule has 0 aromatic heterocycles. The number of phosphoric ester groups is 1. The van der Waals surface area contributed by atoms with Gasteiger partial charge >= 0.3 is 14.0 Å². The zero-order valence-corrected chi connectivity index (χ0v) is 32.3. The van der Waals surface area contributed by atoms with Gasteiger partial charge in [0, 0.05) is 6.42 Å². The molecule has 0 amide bonds. The fraction of sp³-hybridized carbons (Fsp3) is 0.868. The van der Waals surface area contributed by atoms with Gasteiger partial charge in [0.05, 0.1) is 27.7 Å². The van der Waals surface area contributed by atoms with Gasteiger partial charge in [-0.05, 0) is 104 Å². The molecule has 0 heterocycles. The van der Waals surface area contributed by atoms with Crippen molar-refractivity contribution in [1.82, 2.24) is 0 Å². The lowest BCUT2D eigenvalue weighted by Crippen LogP contribution is -2.51. The molecule has 3 fully saturated rings. The number of aliphatic hydroxyl groups is 1. The van der Waals surface area contributed by atoms with Crippen molar-refractivity contribution in [2.45, 2.75) is 112 Å². The first kappa shape index (κ1) is 39.6. The Morgan fingerprint density at radius 1 is 1.04 bits per heavy atom. The molecule has 0 bridgehead atoms. The van der Waals surface area contributed by atoms with Crippen LogP contribution in [0.5, 0.6) is 0 Å². The van der Waals surface area contributed by atoms with E-state index in [-0.39, 0.29) is 18.1 Å². The molecule has 0 saturated heterocycles. The van der Waals surface area contributed by atoms with E-state index < -0.39 is 33.3 Å². The van der Waals surface area contributed by atoms with Crippen LogP contribution in [0.25, 0.3) is 0 Å². The Balaban J connectivity index is 1.26. The second-order valence-corrected chi connectivity index (χ2v) is 18.8. The average Bonchev–Trinajstić information content (AvgIpc) is 3.36. The second kappa shape index (κ2) is 16.0. The minimum Gasteiger partial charge on any atom is -0.431 e. The third-order valence-electron chi connectivity index (χ3n) is 12.9. The highest BCUT2D eigenvalue weighted by Gasteiger charge is 2.59. The summed E-state index contributed by atoms with van der Waals surface area (Å²) < 4.78 is 33.3. The smallest absolute Gasteiger partial charge is 0.431 e. The number of carbonyl (C=O) groups is 1. The van der Waals surface area contributed by atoms with Gasteiger partial charge in [-0.25, -0.2) is 9.36 Å². The van der Waals surface area contributed by atoms with Crippen LogP contribution in [0, 0.1) is 52.3 Å². The van der Waals surface area contributed by atoms with Crippen LogP contribution in [0.1, 0.15) is 99.3 Å². The number of hydrogen-bond donors (Lipinski definition) is 2. The molecule has 9 nitrogen and oxygen atoms in total. The van der Waals surface area contributed by atoms with Crippen LogP contribution in [-0.2, 0) is 23.1 Å². The highest BCUT2D eigenvalue weighted by Crippen LogP contribution is 2.67. The Labute approximate surface area is 291 Å². The molecule has 0 aliphatic heterocycles. The molecule has 0 aromatic carbocycles. The maximum Gasteiger partial charge on any atom is 0.508 e. The number of quaternary nitrogens is 1. The summed E-state index contributed by atoms with van der Waals surface area (Å²) in [7, 11) is 1.49. The molecule has 11 atom stereocenters. The number of nitrogens with zero attached hydrogens (tertiary/aromatic N) is 1. The molecular formula is C38H67NO8P+. The maximum atomic E-state index is 12.5. The molecule has 0 radical (unpaired) electrons. The van der Waals surface area contributed by atoms with E-state index in [4.69, 9.17) is 18.5 Å². The number of carbonyl (C=O) groups excluding carboxylic acids is 1. The number of allylic oxidation sites excluding steroid dienone is 3. The van der Waals surface area contributed by atoms with E-state index in [2.05, 4.69) is 59.8 Å². The molecule has 2 N–H and O–H groups in total. The van der Waals surface area contributed by atoms with Crippen LogP contribution in [0.2, 0.25) is 0 Å². The van der Waals surface area contributed by atoms with Gasteiger partial charge in [-0.3, -0.25) is 9.05 Å². The van der Waals surface area contributed by atoms with Gasteiger partial charge in [0.15, 0.2) is 0 Å². The standard InChI is InChI=1S/C38H66NO8P/c1-10-28(26(2)3)12-11-27(4)33-15-16-34-32-14-13-29-23-31(17-19-37(29,5)35(32)18-20-38(33,34)6)47-36(41)44-24-30(40)25-46-48(42,43)45-22-21-39(7,8)9/h11-13,26-28,30-35,40H,10,14-25H2,1-9H3/p+1/b12-11+/t27-,28-,30?,31+,32?,33-,34?,35?,37+,38-/m1/s1. The van der Waals surface area contributed by atoms with Crippen molar-refractivity contribution in [3.8, 4) is 0 Å². The van der Waals surface area contributed by atoms with Gasteiger partial charge in [0.2, 0.25) is 0 Å². The van der Waals surface area contributed by atoms with E-state index in [9.17, 15) is 19.4 Å². The Kier molecular flexibility index (Phi) is 13.2. The minimum atomic E-state index is -4.32. The van der Waals surface area contributed by atoms with Gasteiger partial charge in [-0.2, -0.15) is 0 Å². The molecule has 4 rings (SSSR count). The van der Waals surface area contributed by atoms with Crippen LogP contribution >= 0.6 is 7.82 Å². The number of ether oxygens (including phenoxy) is 2. The summed E-state index contributed by atoms with van der Waals surface area (Å²) in [5.41, 5.74) is 1.97. The summed E-state index contributed by atoms with van der Waals surface area (Å²) in [6.45, 7) is 14.2. The first-order chi connectivity index (χ1) is 22.4. The van der Waals surface area contributed by atoms with Crippen molar-refractivity contribution in [3.05, 3.63) is 23.8 Å². The van der Waals surface area contributed by atoms with E-state index in [1.165, 1.54) is 37.7 Å². The number of fused-ring (bicyclic) bond motifs is 5. The molecule has 10 heteroatoms. The Morgan fingerprint density at radius 3 is 2.44 bits per heavy atom. The zero-order chi connectivity index (χ0) is 35.5. The summed E-state index contributed by atoms with van der Waals surface area (Å²) in [4.78, 5) is 22.4. The monoisotopic (exact) mass is 696 g/mol. The van der Waals surface area contributed by atoms with E-state index in [1.807, 2.05) is 21.1 Å². The van der Waals surface area contributed by atoms with E-state index in [1.54, 1.807) is 0 Å². The van der Waals surface area contributed by atoms with Gasteiger partial charge < -0.3 is 24.0 Å². The highest BCUT2D eigenvalue weighted by molar-refractivity contribution is 7.47. The Bertz CT molecular complexity index is 1200. The predicted octanol–water partition coefficient (Wildman–Crippen LogP) is 8.16. The fourth-order valence-corrected chi connectivity index (χ4v) is 10.7. The Hall–Kier alpha value is -1.22. The number of phosphoric acid groups is 1. The molecule has 3 saturated carbocycles. The molecule has 0 spiro atoms. The van der Waals surface area contributed by atoms with Crippen molar-refractivity contribution < 1.29 is 42.4 Å². The molecule has 4 aliphatic carbocycles. The van der Waals surface area contributed by atoms with Crippen LogP contribution < -0.4 is 0 Å². The first-order valence-corrected chi connectivity index (χ1v) is 20.2. The van der Waals surface area contributed by atoms with Crippen molar-refractivity contribution in [1.29, 1.82) is 0 Å². The number of hydrogen-bond acceptors (Lipinski definition) is 7. The van der Waals surface area contributed by atoms with Crippen molar-refractivity contribution in [2.75, 3.05) is 47.5 Å². The molecule has 48 heavy (non-hydrogen) atoms. The molecule has 276 valence electrons. The molecule has 0 aromatic rings. The van der Waals surface area contributed by atoms with Gasteiger partial charge in [-0.15, -0.1) is 0 Å². The quantitative estimate of drug-likeness (QED) is 0.0764. The molecule has 5 unspecified atom stereocenters. The van der Waals surface area contributed by atoms with Crippen LogP contribution in [0.15, 0.2) is 23.8 Å². The topological polar surface area (TPSA) is 112 Å². The maximum absolute atomic E-state index is 12.5. The van der Waals surface area contributed by atoms with E-state index >= 15 is 0 Å². The SMILES string of the molecule is CC[C@H](/C=C/[C@@H](C)[C@H]1CCC2C3CC=C4C[C@@H](OC(=O)OCC(O)COP(=O)(O)OCC[N+](C)(C)C)CC[C@]4(C)C3CC[C@@]21C)C(C)C.